The van der Waals surface area contributed by atoms with Crippen molar-refractivity contribution in [3.8, 4) is 6.07 Å². The number of nitrogens with one attached hydrogen (secondary N) is 1. The van der Waals surface area contributed by atoms with Gasteiger partial charge in [-0.3, -0.25) is 9.69 Å². The smallest absolute Gasteiger partial charge is 0.238 e. The molecule has 0 heterocycles. The molecule has 1 rings (SSSR count). The van der Waals surface area contributed by atoms with E-state index < -0.39 is 6.04 Å². The zero-order valence-electron chi connectivity index (χ0n) is 10.3. The molecule has 2 unspecified atom stereocenters. The van der Waals surface area contributed by atoms with Crippen LogP contribution in [0.15, 0.2) is 30.3 Å². The highest BCUT2D eigenvalue weighted by molar-refractivity contribution is 5.82. The van der Waals surface area contributed by atoms with Crippen LogP contribution in [0, 0.1) is 11.3 Å². The molecule has 0 saturated carbocycles. The Hall–Kier alpha value is -1.86. The molecule has 0 aromatic heterocycles. The minimum absolute atomic E-state index is 0.148. The third-order valence-electron chi connectivity index (χ3n) is 2.70. The highest BCUT2D eigenvalue weighted by Gasteiger charge is 2.19. The van der Waals surface area contributed by atoms with E-state index in [1.54, 1.807) is 11.8 Å². The first-order valence-electron chi connectivity index (χ1n) is 5.47. The molecule has 17 heavy (non-hydrogen) atoms. The molecular formula is C13H17N3O. The minimum Gasteiger partial charge on any atom is -0.335 e. The van der Waals surface area contributed by atoms with Gasteiger partial charge in [0.25, 0.3) is 0 Å². The van der Waals surface area contributed by atoms with Crippen molar-refractivity contribution >= 4 is 5.91 Å². The van der Waals surface area contributed by atoms with Crippen molar-refractivity contribution in [3.05, 3.63) is 35.9 Å². The molecule has 0 aliphatic heterocycles. The lowest BCUT2D eigenvalue weighted by atomic mass is 10.1. The van der Waals surface area contributed by atoms with Crippen molar-refractivity contribution in [2.75, 3.05) is 14.1 Å². The molecule has 90 valence electrons. The molecule has 4 nitrogen and oxygen atoms in total. The number of benzene rings is 1. The average Bonchev–Trinajstić information content (AvgIpc) is 2.35. The van der Waals surface area contributed by atoms with E-state index in [1.807, 2.05) is 44.4 Å². The van der Waals surface area contributed by atoms with Crippen LogP contribution < -0.4 is 5.32 Å². The van der Waals surface area contributed by atoms with Crippen LogP contribution in [0.3, 0.4) is 0 Å². The lowest BCUT2D eigenvalue weighted by Crippen LogP contribution is -2.42. The van der Waals surface area contributed by atoms with Gasteiger partial charge in [0.05, 0.1) is 12.1 Å². The van der Waals surface area contributed by atoms with E-state index in [-0.39, 0.29) is 11.9 Å². The summed E-state index contributed by atoms with van der Waals surface area (Å²) in [6, 6.07) is 10.5. The number of likely N-dealkylation sites (N-methyl/N-ethyl adjacent to an activating group) is 1. The molecule has 0 aliphatic carbocycles. The lowest BCUT2D eigenvalue weighted by molar-refractivity contribution is -0.125. The summed E-state index contributed by atoms with van der Waals surface area (Å²) in [6.07, 6.45) is 0. The van der Waals surface area contributed by atoms with Crippen LogP contribution in [0.1, 0.15) is 18.5 Å². The predicted octanol–water partition coefficient (Wildman–Crippen LogP) is 1.32. The Morgan fingerprint density at radius 1 is 1.35 bits per heavy atom. The van der Waals surface area contributed by atoms with Gasteiger partial charge in [-0.2, -0.15) is 5.26 Å². The van der Waals surface area contributed by atoms with Crippen LogP contribution in [0.25, 0.3) is 0 Å². The summed E-state index contributed by atoms with van der Waals surface area (Å²) in [5.41, 5.74) is 0.800. The monoisotopic (exact) mass is 231 g/mol. The van der Waals surface area contributed by atoms with Gasteiger partial charge in [-0.05, 0) is 26.6 Å². The SMILES string of the molecule is CC(C(=O)NC(C#N)c1ccccc1)N(C)C. The van der Waals surface area contributed by atoms with E-state index in [9.17, 15) is 4.79 Å². The Labute approximate surface area is 102 Å². The molecule has 1 aromatic rings. The van der Waals surface area contributed by atoms with Crippen molar-refractivity contribution in [1.82, 2.24) is 10.2 Å². The second-order valence-corrected chi connectivity index (χ2v) is 4.12. The second-order valence-electron chi connectivity index (χ2n) is 4.12. The quantitative estimate of drug-likeness (QED) is 0.850. The Morgan fingerprint density at radius 2 is 1.94 bits per heavy atom. The van der Waals surface area contributed by atoms with Gasteiger partial charge in [0, 0.05) is 0 Å². The summed E-state index contributed by atoms with van der Waals surface area (Å²) >= 11 is 0. The van der Waals surface area contributed by atoms with Gasteiger partial charge < -0.3 is 5.32 Å². The van der Waals surface area contributed by atoms with Crippen LogP contribution in [-0.4, -0.2) is 30.9 Å². The van der Waals surface area contributed by atoms with E-state index >= 15 is 0 Å². The number of nitrogens with zero attached hydrogens (tertiary/aromatic N) is 2. The summed E-state index contributed by atoms with van der Waals surface area (Å²) in [6.45, 7) is 1.80. The maximum atomic E-state index is 11.8. The van der Waals surface area contributed by atoms with Crippen LogP contribution >= 0.6 is 0 Å². The standard InChI is InChI=1S/C13H17N3O/c1-10(16(2)3)13(17)15-12(9-14)11-7-5-4-6-8-11/h4-8,10,12H,1-3H3,(H,15,17). The number of carbonyl (C=O) groups excluding carboxylic acids is 1. The minimum atomic E-state index is -0.592. The summed E-state index contributed by atoms with van der Waals surface area (Å²) in [4.78, 5) is 13.6. The Balaban J connectivity index is 2.73. The Kier molecular flexibility index (Phi) is 4.68. The summed E-state index contributed by atoms with van der Waals surface area (Å²) in [5.74, 6) is -0.148. The molecule has 0 bridgehead atoms. The highest BCUT2D eigenvalue weighted by atomic mass is 16.2. The molecule has 0 saturated heterocycles. The first-order valence-corrected chi connectivity index (χ1v) is 5.47. The van der Waals surface area contributed by atoms with E-state index in [1.165, 1.54) is 0 Å². The summed E-state index contributed by atoms with van der Waals surface area (Å²) < 4.78 is 0. The fourth-order valence-corrected chi connectivity index (χ4v) is 1.33. The zero-order chi connectivity index (χ0) is 12.8. The molecule has 4 heteroatoms. The zero-order valence-corrected chi connectivity index (χ0v) is 10.3. The first kappa shape index (κ1) is 13.2. The molecule has 2 atom stereocenters. The van der Waals surface area contributed by atoms with Crippen molar-refractivity contribution < 1.29 is 4.79 Å². The first-order chi connectivity index (χ1) is 8.06. The number of rotatable bonds is 4. The van der Waals surface area contributed by atoms with E-state index in [4.69, 9.17) is 5.26 Å². The van der Waals surface area contributed by atoms with Crippen LogP contribution in [-0.2, 0) is 4.79 Å². The van der Waals surface area contributed by atoms with E-state index in [0.29, 0.717) is 0 Å². The molecule has 1 N–H and O–H groups in total. The molecule has 0 spiro atoms. The average molecular weight is 231 g/mol. The Bertz CT molecular complexity index is 408. The van der Waals surface area contributed by atoms with Crippen molar-refractivity contribution in [2.45, 2.75) is 19.0 Å². The van der Waals surface area contributed by atoms with Gasteiger partial charge in [-0.25, -0.2) is 0 Å². The molecule has 0 aliphatic rings. The van der Waals surface area contributed by atoms with Crippen molar-refractivity contribution in [1.29, 1.82) is 5.26 Å². The van der Waals surface area contributed by atoms with Gasteiger partial charge in [-0.1, -0.05) is 30.3 Å². The van der Waals surface area contributed by atoms with Crippen molar-refractivity contribution in [2.24, 2.45) is 0 Å². The maximum absolute atomic E-state index is 11.8. The number of amides is 1. The third kappa shape index (κ3) is 3.58. The van der Waals surface area contributed by atoms with Gasteiger partial charge in [-0.15, -0.1) is 0 Å². The van der Waals surface area contributed by atoms with Gasteiger partial charge in [0.15, 0.2) is 0 Å². The second kappa shape index (κ2) is 6.02. The normalized spacial score (nSPS) is 13.8. The number of carbonyl (C=O) groups is 1. The summed E-state index contributed by atoms with van der Waals surface area (Å²) in [7, 11) is 3.66. The molecule has 0 radical (unpaired) electrons. The van der Waals surface area contributed by atoms with Gasteiger partial charge in [0.2, 0.25) is 5.91 Å². The number of hydrogen-bond acceptors (Lipinski definition) is 3. The predicted molar refractivity (Wildman–Crippen MR) is 66.1 cm³/mol. The summed E-state index contributed by atoms with van der Waals surface area (Å²) in [5, 5.41) is 11.8. The van der Waals surface area contributed by atoms with Crippen molar-refractivity contribution in [3.63, 3.8) is 0 Å². The largest absolute Gasteiger partial charge is 0.335 e. The third-order valence-corrected chi connectivity index (χ3v) is 2.70. The fraction of sp³-hybridized carbons (Fsp3) is 0.385. The number of hydrogen-bond donors (Lipinski definition) is 1. The molecule has 0 fully saturated rings. The number of nitriles is 1. The van der Waals surface area contributed by atoms with Crippen LogP contribution in [0.4, 0.5) is 0 Å². The van der Waals surface area contributed by atoms with Gasteiger partial charge in [0.1, 0.15) is 6.04 Å². The lowest BCUT2D eigenvalue weighted by Gasteiger charge is -2.21. The van der Waals surface area contributed by atoms with Crippen LogP contribution in [0.2, 0.25) is 0 Å². The van der Waals surface area contributed by atoms with E-state index in [0.717, 1.165) is 5.56 Å². The Morgan fingerprint density at radius 3 is 2.41 bits per heavy atom. The topological polar surface area (TPSA) is 56.1 Å². The van der Waals surface area contributed by atoms with E-state index in [2.05, 4.69) is 11.4 Å². The highest BCUT2D eigenvalue weighted by Crippen LogP contribution is 2.11. The molecular weight excluding hydrogens is 214 g/mol. The van der Waals surface area contributed by atoms with Gasteiger partial charge >= 0.3 is 0 Å². The molecule has 1 aromatic carbocycles. The molecule has 1 amide bonds. The maximum Gasteiger partial charge on any atom is 0.238 e. The fourth-order valence-electron chi connectivity index (χ4n) is 1.33. The van der Waals surface area contributed by atoms with Crippen LogP contribution in [0.5, 0.6) is 0 Å².